The van der Waals surface area contributed by atoms with Gasteiger partial charge >= 0.3 is 0 Å². The Morgan fingerprint density at radius 2 is 1.75 bits per heavy atom. The Labute approximate surface area is 118 Å². The third-order valence-electron chi connectivity index (χ3n) is 3.66. The fourth-order valence-corrected chi connectivity index (χ4v) is 2.47. The van der Waals surface area contributed by atoms with Crippen LogP contribution < -0.4 is 14.8 Å². The summed E-state index contributed by atoms with van der Waals surface area (Å²) < 4.78 is 10.3. The summed E-state index contributed by atoms with van der Waals surface area (Å²) >= 11 is 0. The average molecular weight is 279 g/mol. The molecule has 0 unspecified atom stereocenters. The predicted octanol–water partition coefficient (Wildman–Crippen LogP) is 1.74. The number of aliphatic hydroxyl groups excluding tert-OH is 1. The van der Waals surface area contributed by atoms with Crippen LogP contribution in [0.25, 0.3) is 0 Å². The molecule has 0 aliphatic heterocycles. The van der Waals surface area contributed by atoms with Gasteiger partial charge in [0.15, 0.2) is 0 Å². The van der Waals surface area contributed by atoms with E-state index in [0.717, 1.165) is 25.7 Å². The van der Waals surface area contributed by atoms with Gasteiger partial charge in [0.1, 0.15) is 11.5 Å². The molecule has 110 valence electrons. The highest BCUT2D eigenvalue weighted by Gasteiger charge is 2.25. The number of rotatable bonds is 4. The molecule has 1 saturated carbocycles. The van der Waals surface area contributed by atoms with Gasteiger partial charge in [0, 0.05) is 11.6 Å². The highest BCUT2D eigenvalue weighted by Crippen LogP contribution is 2.23. The quantitative estimate of drug-likeness (QED) is 0.881. The first-order chi connectivity index (χ1) is 9.63. The molecule has 1 aromatic carbocycles. The zero-order valence-corrected chi connectivity index (χ0v) is 11.9. The molecule has 1 amide bonds. The van der Waals surface area contributed by atoms with Crippen molar-refractivity contribution in [2.45, 2.75) is 37.8 Å². The topological polar surface area (TPSA) is 67.8 Å². The van der Waals surface area contributed by atoms with Crippen molar-refractivity contribution >= 4 is 5.91 Å². The number of nitrogens with one attached hydrogen (secondary N) is 1. The average Bonchev–Trinajstić information content (AvgIpc) is 2.48. The van der Waals surface area contributed by atoms with Crippen molar-refractivity contribution in [3.63, 3.8) is 0 Å². The molecule has 1 fully saturated rings. The number of hydrogen-bond acceptors (Lipinski definition) is 4. The summed E-state index contributed by atoms with van der Waals surface area (Å²) in [5.41, 5.74) is 0.471. The minimum atomic E-state index is -0.458. The van der Waals surface area contributed by atoms with Gasteiger partial charge in [-0.05, 0) is 25.0 Å². The Kier molecular flexibility index (Phi) is 4.84. The molecule has 0 heterocycles. The van der Waals surface area contributed by atoms with Gasteiger partial charge in [0.05, 0.1) is 26.4 Å². The van der Waals surface area contributed by atoms with Crippen LogP contribution in [0.2, 0.25) is 0 Å². The lowest BCUT2D eigenvalue weighted by molar-refractivity contribution is 0.0717. The molecule has 2 N–H and O–H groups in total. The second-order valence-electron chi connectivity index (χ2n) is 5.03. The fraction of sp³-hybridized carbons (Fsp3) is 0.533. The van der Waals surface area contributed by atoms with Crippen LogP contribution in [0.5, 0.6) is 11.5 Å². The minimum absolute atomic E-state index is 0.173. The molecule has 5 heteroatoms. The second kappa shape index (κ2) is 6.61. The standard InChI is InChI=1S/C15H21NO4/c1-19-11-7-10(8-12(9-11)20-2)15(18)16-13-5-3-4-6-14(13)17/h7-9,13-14,17H,3-6H2,1-2H3,(H,16,18)/t13-,14-/m1/s1. The molecule has 0 bridgehead atoms. The highest BCUT2D eigenvalue weighted by atomic mass is 16.5. The first kappa shape index (κ1) is 14.7. The number of methoxy groups -OCH3 is 2. The monoisotopic (exact) mass is 279 g/mol. The van der Waals surface area contributed by atoms with Crippen LogP contribution in [0.4, 0.5) is 0 Å². The lowest BCUT2D eigenvalue weighted by Gasteiger charge is -2.28. The van der Waals surface area contributed by atoms with Crippen LogP contribution in [0.1, 0.15) is 36.0 Å². The Morgan fingerprint density at radius 1 is 1.15 bits per heavy atom. The van der Waals surface area contributed by atoms with E-state index in [2.05, 4.69) is 5.32 Å². The van der Waals surface area contributed by atoms with E-state index in [1.807, 2.05) is 0 Å². The van der Waals surface area contributed by atoms with Crippen molar-refractivity contribution in [1.82, 2.24) is 5.32 Å². The molecule has 5 nitrogen and oxygen atoms in total. The van der Waals surface area contributed by atoms with E-state index in [9.17, 15) is 9.90 Å². The van der Waals surface area contributed by atoms with E-state index < -0.39 is 6.10 Å². The molecular formula is C15H21NO4. The molecule has 0 spiro atoms. The van der Waals surface area contributed by atoms with Crippen molar-refractivity contribution < 1.29 is 19.4 Å². The second-order valence-corrected chi connectivity index (χ2v) is 5.03. The number of aliphatic hydroxyl groups is 1. The maximum atomic E-state index is 12.3. The Bertz CT molecular complexity index is 453. The SMILES string of the molecule is COc1cc(OC)cc(C(=O)N[C@@H]2CCCC[C@H]2O)c1. The van der Waals surface area contributed by atoms with Crippen molar-refractivity contribution in [2.24, 2.45) is 0 Å². The van der Waals surface area contributed by atoms with Gasteiger partial charge in [-0.25, -0.2) is 0 Å². The number of carbonyl (C=O) groups is 1. The summed E-state index contributed by atoms with van der Waals surface area (Å²) in [6.07, 6.45) is 3.14. The third-order valence-corrected chi connectivity index (χ3v) is 3.66. The van der Waals surface area contributed by atoms with Crippen LogP contribution in [-0.2, 0) is 0 Å². The summed E-state index contributed by atoms with van der Waals surface area (Å²) in [6, 6.07) is 4.86. The van der Waals surface area contributed by atoms with Gasteiger partial charge < -0.3 is 19.9 Å². The Balaban J connectivity index is 2.11. The Morgan fingerprint density at radius 3 is 2.30 bits per heavy atom. The maximum absolute atomic E-state index is 12.3. The van der Waals surface area contributed by atoms with Crippen LogP contribution in [-0.4, -0.2) is 37.4 Å². The smallest absolute Gasteiger partial charge is 0.251 e. The summed E-state index contributed by atoms with van der Waals surface area (Å²) in [7, 11) is 3.09. The molecular weight excluding hydrogens is 258 g/mol. The van der Waals surface area contributed by atoms with Crippen LogP contribution in [0.3, 0.4) is 0 Å². The molecule has 0 radical (unpaired) electrons. The van der Waals surface area contributed by atoms with Gasteiger partial charge in [-0.3, -0.25) is 4.79 Å². The first-order valence-electron chi connectivity index (χ1n) is 6.86. The zero-order chi connectivity index (χ0) is 14.5. The van der Waals surface area contributed by atoms with Gasteiger partial charge in [-0.15, -0.1) is 0 Å². The number of ether oxygens (including phenoxy) is 2. The van der Waals surface area contributed by atoms with E-state index >= 15 is 0 Å². The molecule has 2 rings (SSSR count). The molecule has 1 aromatic rings. The fourth-order valence-electron chi connectivity index (χ4n) is 2.47. The van der Waals surface area contributed by atoms with E-state index in [-0.39, 0.29) is 11.9 Å². The normalized spacial score (nSPS) is 22.1. The van der Waals surface area contributed by atoms with E-state index in [1.54, 1.807) is 32.4 Å². The summed E-state index contributed by atoms with van der Waals surface area (Å²) in [5.74, 6) is 0.922. The van der Waals surface area contributed by atoms with E-state index in [1.165, 1.54) is 0 Å². The van der Waals surface area contributed by atoms with Crippen molar-refractivity contribution in [2.75, 3.05) is 14.2 Å². The van der Waals surface area contributed by atoms with Gasteiger partial charge in [0.25, 0.3) is 5.91 Å². The van der Waals surface area contributed by atoms with E-state index in [0.29, 0.717) is 17.1 Å². The maximum Gasteiger partial charge on any atom is 0.251 e. The number of benzene rings is 1. The zero-order valence-electron chi connectivity index (χ0n) is 11.9. The molecule has 1 aliphatic rings. The van der Waals surface area contributed by atoms with Gasteiger partial charge in [-0.1, -0.05) is 12.8 Å². The molecule has 0 saturated heterocycles. The predicted molar refractivity (Wildman–Crippen MR) is 75.3 cm³/mol. The lowest BCUT2D eigenvalue weighted by Crippen LogP contribution is -2.45. The summed E-state index contributed by atoms with van der Waals surface area (Å²) in [5, 5.41) is 12.8. The van der Waals surface area contributed by atoms with Crippen LogP contribution in [0.15, 0.2) is 18.2 Å². The van der Waals surface area contributed by atoms with Crippen molar-refractivity contribution in [3.8, 4) is 11.5 Å². The minimum Gasteiger partial charge on any atom is -0.497 e. The molecule has 1 aliphatic carbocycles. The largest absolute Gasteiger partial charge is 0.497 e. The number of hydrogen-bond donors (Lipinski definition) is 2. The van der Waals surface area contributed by atoms with Crippen LogP contribution in [0, 0.1) is 0 Å². The lowest BCUT2D eigenvalue weighted by atomic mass is 9.92. The third kappa shape index (κ3) is 3.42. The van der Waals surface area contributed by atoms with Crippen molar-refractivity contribution in [1.29, 1.82) is 0 Å². The summed E-state index contributed by atoms with van der Waals surface area (Å²) in [4.78, 5) is 12.3. The summed E-state index contributed by atoms with van der Waals surface area (Å²) in [6.45, 7) is 0. The number of amides is 1. The Hall–Kier alpha value is -1.75. The van der Waals surface area contributed by atoms with Gasteiger partial charge in [-0.2, -0.15) is 0 Å². The molecule has 2 atom stereocenters. The van der Waals surface area contributed by atoms with Crippen molar-refractivity contribution in [3.05, 3.63) is 23.8 Å². The first-order valence-corrected chi connectivity index (χ1v) is 6.86. The van der Waals surface area contributed by atoms with Crippen LogP contribution >= 0.6 is 0 Å². The van der Waals surface area contributed by atoms with E-state index in [4.69, 9.17) is 9.47 Å². The number of carbonyl (C=O) groups excluding carboxylic acids is 1. The highest BCUT2D eigenvalue weighted by molar-refractivity contribution is 5.95. The van der Waals surface area contributed by atoms with Gasteiger partial charge in [0.2, 0.25) is 0 Å². The molecule has 0 aromatic heterocycles. The molecule has 20 heavy (non-hydrogen) atoms.